The highest BCUT2D eigenvalue weighted by atomic mass is 32.1. The van der Waals surface area contributed by atoms with Crippen LogP contribution in [0.2, 0.25) is 0 Å². The van der Waals surface area contributed by atoms with Gasteiger partial charge in [0.1, 0.15) is 5.57 Å². The van der Waals surface area contributed by atoms with Crippen LogP contribution in [0, 0.1) is 13.8 Å². The summed E-state index contributed by atoms with van der Waals surface area (Å²) in [4.78, 5) is 38.6. The van der Waals surface area contributed by atoms with E-state index in [1.54, 1.807) is 24.3 Å². The molecule has 0 radical (unpaired) electrons. The molecule has 2 aromatic rings. The highest BCUT2D eigenvalue weighted by Gasteiger charge is 2.36. The number of carbonyl (C=O) groups is 3. The lowest BCUT2D eigenvalue weighted by Gasteiger charge is -2.26. The Hall–Kier alpha value is -2.73. The number of carbonyl (C=O) groups excluding carboxylic acids is 3. The van der Waals surface area contributed by atoms with Crippen LogP contribution < -0.4 is 10.2 Å². The highest BCUT2D eigenvalue weighted by Crippen LogP contribution is 2.24. The molecule has 4 amide bonds. The molecule has 3 rings (SSSR count). The molecular weight excluding hydrogens is 312 g/mol. The largest absolute Gasteiger partial charge is 0.335 e. The van der Waals surface area contributed by atoms with Crippen LogP contribution in [-0.4, -0.2) is 17.8 Å². The number of benzene rings is 1. The van der Waals surface area contributed by atoms with Gasteiger partial charge in [-0.05, 0) is 49.1 Å². The molecule has 0 unspecified atom stereocenters. The third kappa shape index (κ3) is 2.80. The van der Waals surface area contributed by atoms with Crippen molar-refractivity contribution in [3.05, 3.63) is 57.3 Å². The second kappa shape index (κ2) is 5.81. The molecule has 2 heterocycles. The van der Waals surface area contributed by atoms with Gasteiger partial charge in [0.15, 0.2) is 0 Å². The minimum atomic E-state index is -0.732. The monoisotopic (exact) mass is 326 g/mol. The molecule has 1 saturated heterocycles. The van der Waals surface area contributed by atoms with Crippen LogP contribution in [0.1, 0.15) is 16.0 Å². The Bertz CT molecular complexity index is 834. The van der Waals surface area contributed by atoms with Crippen LogP contribution in [0.15, 0.2) is 41.3 Å². The van der Waals surface area contributed by atoms with Crippen molar-refractivity contribution in [2.75, 3.05) is 4.90 Å². The number of barbiturate groups is 1. The topological polar surface area (TPSA) is 66.5 Å². The molecule has 1 aliphatic rings. The van der Waals surface area contributed by atoms with Gasteiger partial charge in [-0.2, -0.15) is 0 Å². The van der Waals surface area contributed by atoms with Crippen LogP contribution >= 0.6 is 11.3 Å². The van der Waals surface area contributed by atoms with E-state index in [1.165, 1.54) is 17.4 Å². The third-order valence-electron chi connectivity index (χ3n) is 3.57. The zero-order valence-corrected chi connectivity index (χ0v) is 13.4. The van der Waals surface area contributed by atoms with E-state index >= 15 is 0 Å². The van der Waals surface area contributed by atoms with Gasteiger partial charge in [-0.25, -0.2) is 9.69 Å². The summed E-state index contributed by atoms with van der Waals surface area (Å²) in [6.07, 6.45) is 1.53. The summed E-state index contributed by atoms with van der Waals surface area (Å²) < 4.78 is 0. The summed E-state index contributed by atoms with van der Waals surface area (Å²) in [5.41, 5.74) is 2.37. The van der Waals surface area contributed by atoms with Crippen molar-refractivity contribution < 1.29 is 14.4 Å². The van der Waals surface area contributed by atoms with Gasteiger partial charge in [-0.15, -0.1) is 11.3 Å². The molecular formula is C17H14N2O3S. The van der Waals surface area contributed by atoms with Crippen LogP contribution in [-0.2, 0) is 9.59 Å². The number of nitrogens with zero attached hydrogens (tertiary/aromatic N) is 1. The molecule has 23 heavy (non-hydrogen) atoms. The average Bonchev–Trinajstić information content (AvgIpc) is 2.90. The Kier molecular flexibility index (Phi) is 3.83. The number of aryl methyl sites for hydroxylation is 2. The summed E-state index contributed by atoms with van der Waals surface area (Å²) in [7, 11) is 0. The van der Waals surface area contributed by atoms with E-state index in [4.69, 9.17) is 0 Å². The average molecular weight is 326 g/mol. The van der Waals surface area contributed by atoms with E-state index in [-0.39, 0.29) is 5.57 Å². The number of imide groups is 2. The number of thiophene rings is 1. The van der Waals surface area contributed by atoms with Gasteiger partial charge in [-0.1, -0.05) is 17.7 Å². The van der Waals surface area contributed by atoms with E-state index in [2.05, 4.69) is 5.32 Å². The normalized spacial score (nSPS) is 16.9. The second-order valence-corrected chi connectivity index (χ2v) is 6.21. The quantitative estimate of drug-likeness (QED) is 0.681. The van der Waals surface area contributed by atoms with Gasteiger partial charge in [0.2, 0.25) is 0 Å². The molecule has 1 fully saturated rings. The van der Waals surface area contributed by atoms with Crippen molar-refractivity contribution in [2.45, 2.75) is 13.8 Å². The lowest BCUT2D eigenvalue weighted by molar-refractivity contribution is -0.122. The Balaban J connectivity index is 2.02. The summed E-state index contributed by atoms with van der Waals surface area (Å²) in [6, 6.07) is 8.14. The summed E-state index contributed by atoms with van der Waals surface area (Å²) >= 11 is 1.44. The molecule has 1 aromatic carbocycles. The molecule has 0 spiro atoms. The summed E-state index contributed by atoms with van der Waals surface area (Å²) in [5.74, 6) is -1.29. The van der Waals surface area contributed by atoms with Crippen LogP contribution in [0.5, 0.6) is 0 Å². The van der Waals surface area contributed by atoms with Crippen molar-refractivity contribution in [1.82, 2.24) is 5.32 Å². The zero-order valence-electron chi connectivity index (χ0n) is 12.6. The first kappa shape index (κ1) is 15.2. The van der Waals surface area contributed by atoms with Crippen molar-refractivity contribution in [3.63, 3.8) is 0 Å². The molecule has 0 saturated carbocycles. The van der Waals surface area contributed by atoms with Crippen LogP contribution in [0.25, 0.3) is 6.08 Å². The van der Waals surface area contributed by atoms with Crippen LogP contribution in [0.3, 0.4) is 0 Å². The van der Waals surface area contributed by atoms with E-state index in [1.807, 2.05) is 25.3 Å². The zero-order chi connectivity index (χ0) is 16.6. The fourth-order valence-electron chi connectivity index (χ4n) is 2.25. The van der Waals surface area contributed by atoms with Gasteiger partial charge in [-0.3, -0.25) is 14.9 Å². The number of rotatable bonds is 2. The molecule has 1 N–H and O–H groups in total. The Morgan fingerprint density at radius 2 is 1.74 bits per heavy atom. The number of amides is 4. The molecule has 1 aromatic heterocycles. The first-order valence-electron chi connectivity index (χ1n) is 6.99. The van der Waals surface area contributed by atoms with Crippen molar-refractivity contribution in [2.24, 2.45) is 0 Å². The summed E-state index contributed by atoms with van der Waals surface area (Å²) in [6.45, 7) is 3.81. The minimum Gasteiger partial charge on any atom is -0.273 e. The number of nitrogens with one attached hydrogen (secondary N) is 1. The van der Waals surface area contributed by atoms with Crippen molar-refractivity contribution in [3.8, 4) is 0 Å². The van der Waals surface area contributed by atoms with Gasteiger partial charge < -0.3 is 0 Å². The molecule has 0 bridgehead atoms. The smallest absolute Gasteiger partial charge is 0.273 e. The van der Waals surface area contributed by atoms with E-state index in [0.717, 1.165) is 20.9 Å². The molecule has 116 valence electrons. The standard InChI is InChI=1S/C17H14N2O3S/c1-10-3-5-12(6-4-10)19-16(21)13(15(20)18-17(19)22)9-14-11(2)7-8-23-14/h3-9H,1-2H3,(H,18,20,22)/b13-9+. The van der Waals surface area contributed by atoms with Gasteiger partial charge in [0.05, 0.1) is 5.69 Å². The minimum absolute atomic E-state index is 0.0456. The third-order valence-corrected chi connectivity index (χ3v) is 4.54. The number of anilines is 1. The van der Waals surface area contributed by atoms with Crippen molar-refractivity contribution in [1.29, 1.82) is 0 Å². The van der Waals surface area contributed by atoms with E-state index in [9.17, 15) is 14.4 Å². The van der Waals surface area contributed by atoms with Gasteiger partial charge in [0, 0.05) is 4.88 Å². The molecule has 5 nitrogen and oxygen atoms in total. The molecule has 0 aliphatic carbocycles. The summed E-state index contributed by atoms with van der Waals surface area (Å²) in [5, 5.41) is 4.10. The molecule has 6 heteroatoms. The Morgan fingerprint density at radius 3 is 2.35 bits per heavy atom. The predicted molar refractivity (Wildman–Crippen MR) is 89.2 cm³/mol. The van der Waals surface area contributed by atoms with Crippen LogP contribution in [0.4, 0.5) is 10.5 Å². The van der Waals surface area contributed by atoms with Crippen molar-refractivity contribution >= 4 is 40.9 Å². The number of hydrogen-bond acceptors (Lipinski definition) is 4. The first-order valence-corrected chi connectivity index (χ1v) is 7.87. The van der Waals surface area contributed by atoms with Gasteiger partial charge >= 0.3 is 6.03 Å². The Morgan fingerprint density at radius 1 is 1.04 bits per heavy atom. The predicted octanol–water partition coefficient (Wildman–Crippen LogP) is 3.03. The van der Waals surface area contributed by atoms with E-state index < -0.39 is 17.8 Å². The SMILES string of the molecule is Cc1ccc(N2C(=O)NC(=O)/C(=C\c3sccc3C)C2=O)cc1. The Labute approximate surface area is 137 Å². The fourth-order valence-corrected chi connectivity index (χ4v) is 3.11. The number of urea groups is 1. The lowest BCUT2D eigenvalue weighted by Crippen LogP contribution is -2.54. The van der Waals surface area contributed by atoms with Gasteiger partial charge in [0.25, 0.3) is 11.8 Å². The fraction of sp³-hybridized carbons (Fsp3) is 0.118. The molecule has 0 atom stereocenters. The lowest BCUT2D eigenvalue weighted by atomic mass is 10.1. The maximum Gasteiger partial charge on any atom is 0.335 e. The highest BCUT2D eigenvalue weighted by molar-refractivity contribution is 7.11. The van der Waals surface area contributed by atoms with E-state index in [0.29, 0.717) is 5.69 Å². The number of hydrogen-bond donors (Lipinski definition) is 1. The molecule has 1 aliphatic heterocycles. The maximum atomic E-state index is 12.6. The maximum absolute atomic E-state index is 12.6. The second-order valence-electron chi connectivity index (χ2n) is 5.26. The first-order chi connectivity index (χ1) is 11.0.